The van der Waals surface area contributed by atoms with Gasteiger partial charge in [-0.25, -0.2) is 13.1 Å². The van der Waals surface area contributed by atoms with Gasteiger partial charge in [0.1, 0.15) is 0 Å². The quantitative estimate of drug-likeness (QED) is 0.791. The zero-order chi connectivity index (χ0) is 14.9. The zero-order valence-corrected chi connectivity index (χ0v) is 12.0. The van der Waals surface area contributed by atoms with E-state index in [4.69, 9.17) is 4.52 Å². The minimum Gasteiger partial charge on any atom is -0.337 e. The van der Waals surface area contributed by atoms with E-state index in [1.807, 2.05) is 6.92 Å². The molecule has 0 radical (unpaired) electrons. The van der Waals surface area contributed by atoms with Crippen LogP contribution in [0.2, 0.25) is 0 Å². The number of aromatic nitrogens is 3. The Hall–Kier alpha value is -2.48. The number of fused-ring (bicyclic) bond motifs is 1. The van der Waals surface area contributed by atoms with Crippen LogP contribution in [0.15, 0.2) is 46.1 Å². The maximum Gasteiger partial charge on any atom is 0.277 e. The van der Waals surface area contributed by atoms with Crippen molar-refractivity contribution < 1.29 is 12.9 Å². The van der Waals surface area contributed by atoms with E-state index in [9.17, 15) is 8.42 Å². The van der Waals surface area contributed by atoms with E-state index >= 15 is 0 Å². The Labute approximate surface area is 121 Å². The van der Waals surface area contributed by atoms with Crippen LogP contribution >= 0.6 is 0 Å². The number of nitrogens with zero attached hydrogens (tertiary/aromatic N) is 3. The Morgan fingerprint density at radius 3 is 2.90 bits per heavy atom. The second kappa shape index (κ2) is 5.13. The summed E-state index contributed by atoms with van der Waals surface area (Å²) in [6.45, 7) is 1.84. The third-order valence-electron chi connectivity index (χ3n) is 2.93. The van der Waals surface area contributed by atoms with Crippen molar-refractivity contribution in [2.24, 2.45) is 0 Å². The molecule has 7 nitrogen and oxygen atoms in total. The second-order valence-electron chi connectivity index (χ2n) is 4.32. The van der Waals surface area contributed by atoms with Crippen LogP contribution in [-0.4, -0.2) is 23.5 Å². The minimum atomic E-state index is -3.80. The molecule has 0 aliphatic rings. The van der Waals surface area contributed by atoms with Gasteiger partial charge < -0.3 is 4.52 Å². The van der Waals surface area contributed by atoms with Crippen molar-refractivity contribution in [3.05, 3.63) is 42.5 Å². The molecule has 0 bridgehead atoms. The Morgan fingerprint density at radius 1 is 1.29 bits per heavy atom. The fourth-order valence-electron chi connectivity index (χ4n) is 1.94. The minimum absolute atomic E-state index is 0.0714. The molecule has 8 heteroatoms. The van der Waals surface area contributed by atoms with E-state index in [1.54, 1.807) is 30.6 Å². The summed E-state index contributed by atoms with van der Waals surface area (Å²) >= 11 is 0. The summed E-state index contributed by atoms with van der Waals surface area (Å²) in [6, 6.07) is 6.63. The molecule has 1 aromatic carbocycles. The van der Waals surface area contributed by atoms with Crippen molar-refractivity contribution >= 4 is 26.7 Å². The van der Waals surface area contributed by atoms with Crippen LogP contribution in [0.4, 0.5) is 5.95 Å². The number of nitrogens with one attached hydrogen (secondary N) is 1. The number of hydrogen-bond acceptors (Lipinski definition) is 6. The van der Waals surface area contributed by atoms with Gasteiger partial charge in [-0.2, -0.15) is 4.98 Å². The van der Waals surface area contributed by atoms with Crippen molar-refractivity contribution in [2.45, 2.75) is 18.2 Å². The van der Waals surface area contributed by atoms with E-state index in [-0.39, 0.29) is 10.8 Å². The molecule has 0 aliphatic carbocycles. The first-order valence-corrected chi connectivity index (χ1v) is 7.76. The lowest BCUT2D eigenvalue weighted by Gasteiger charge is -2.07. The summed E-state index contributed by atoms with van der Waals surface area (Å²) in [5.41, 5.74) is 0. The topological polar surface area (TPSA) is 98.0 Å². The van der Waals surface area contributed by atoms with Gasteiger partial charge in [-0.15, -0.1) is 0 Å². The predicted octanol–water partition coefficient (Wildman–Crippen LogP) is 1.98. The van der Waals surface area contributed by atoms with E-state index in [1.165, 1.54) is 6.07 Å². The van der Waals surface area contributed by atoms with Crippen LogP contribution < -0.4 is 4.72 Å². The van der Waals surface area contributed by atoms with Gasteiger partial charge >= 0.3 is 0 Å². The summed E-state index contributed by atoms with van der Waals surface area (Å²) in [6.07, 6.45) is 3.69. The largest absolute Gasteiger partial charge is 0.337 e. The molecule has 3 aromatic rings. The molecule has 1 N–H and O–H groups in total. The number of anilines is 1. The molecule has 0 amide bonds. The van der Waals surface area contributed by atoms with Crippen molar-refractivity contribution in [2.75, 3.05) is 4.72 Å². The van der Waals surface area contributed by atoms with Gasteiger partial charge in [0, 0.05) is 29.6 Å². The molecule has 0 saturated heterocycles. The molecule has 0 spiro atoms. The Morgan fingerprint density at radius 2 is 2.14 bits per heavy atom. The molecule has 2 aromatic heterocycles. The smallest absolute Gasteiger partial charge is 0.277 e. The van der Waals surface area contributed by atoms with Gasteiger partial charge in [0.15, 0.2) is 0 Å². The molecular weight excluding hydrogens is 292 g/mol. The highest BCUT2D eigenvalue weighted by Gasteiger charge is 2.19. The summed E-state index contributed by atoms with van der Waals surface area (Å²) in [7, 11) is -3.80. The summed E-state index contributed by atoms with van der Waals surface area (Å²) in [5, 5.41) is 4.91. The first kappa shape index (κ1) is 13.5. The van der Waals surface area contributed by atoms with Crippen LogP contribution in [0.5, 0.6) is 0 Å². The molecule has 3 rings (SSSR count). The molecular formula is C13H12N4O3S. The van der Waals surface area contributed by atoms with Crippen LogP contribution in [0.25, 0.3) is 10.8 Å². The maximum atomic E-state index is 12.5. The number of rotatable bonds is 4. The molecule has 2 heterocycles. The van der Waals surface area contributed by atoms with Crippen molar-refractivity contribution in [3.8, 4) is 0 Å². The summed E-state index contributed by atoms with van der Waals surface area (Å²) < 4.78 is 32.1. The fraction of sp³-hybridized carbons (Fsp3) is 0.154. The highest BCUT2D eigenvalue weighted by Crippen LogP contribution is 2.23. The maximum absolute atomic E-state index is 12.5. The predicted molar refractivity (Wildman–Crippen MR) is 76.2 cm³/mol. The Balaban J connectivity index is 2.04. The van der Waals surface area contributed by atoms with Crippen LogP contribution in [-0.2, 0) is 16.4 Å². The molecule has 0 unspecified atom stereocenters. The fourth-order valence-corrected chi connectivity index (χ4v) is 3.11. The Kier molecular flexibility index (Phi) is 3.30. The molecule has 0 aliphatic heterocycles. The van der Waals surface area contributed by atoms with Crippen LogP contribution in [0.1, 0.15) is 12.8 Å². The van der Waals surface area contributed by atoms with Crippen molar-refractivity contribution in [1.29, 1.82) is 0 Å². The number of benzene rings is 1. The second-order valence-corrected chi connectivity index (χ2v) is 5.97. The first-order valence-electron chi connectivity index (χ1n) is 6.28. The standard InChI is InChI=1S/C13H12N4O3S/c1-2-12-15-13(16-20-12)17-21(18,19)11-5-3-4-9-8-14-7-6-10(9)11/h3-8H,2H2,1H3,(H,16,17). The molecule has 0 fully saturated rings. The van der Waals surface area contributed by atoms with Gasteiger partial charge in [-0.1, -0.05) is 19.1 Å². The van der Waals surface area contributed by atoms with Gasteiger partial charge in [0.2, 0.25) is 5.89 Å². The zero-order valence-electron chi connectivity index (χ0n) is 11.1. The number of sulfonamides is 1. The summed E-state index contributed by atoms with van der Waals surface area (Å²) in [4.78, 5) is 8.06. The lowest BCUT2D eigenvalue weighted by molar-refractivity contribution is 0.383. The molecule has 0 saturated carbocycles. The van der Waals surface area contributed by atoms with Gasteiger partial charge in [-0.05, 0) is 17.3 Å². The highest BCUT2D eigenvalue weighted by atomic mass is 32.2. The Bertz CT molecular complexity index is 884. The highest BCUT2D eigenvalue weighted by molar-refractivity contribution is 7.93. The van der Waals surface area contributed by atoms with E-state index in [2.05, 4.69) is 19.8 Å². The lowest BCUT2D eigenvalue weighted by Crippen LogP contribution is -2.14. The van der Waals surface area contributed by atoms with Crippen molar-refractivity contribution in [1.82, 2.24) is 15.1 Å². The molecule has 21 heavy (non-hydrogen) atoms. The summed E-state index contributed by atoms with van der Waals surface area (Å²) in [5.74, 6) is 0.299. The number of pyridine rings is 1. The third kappa shape index (κ3) is 2.57. The van der Waals surface area contributed by atoms with Gasteiger partial charge in [0.05, 0.1) is 4.90 Å². The van der Waals surface area contributed by atoms with E-state index in [0.29, 0.717) is 17.7 Å². The monoisotopic (exact) mass is 304 g/mol. The van der Waals surface area contributed by atoms with Crippen LogP contribution in [0, 0.1) is 0 Å². The SMILES string of the molecule is CCc1nc(NS(=O)(=O)c2cccc3cnccc23)no1. The average Bonchev–Trinajstić information content (AvgIpc) is 2.93. The van der Waals surface area contributed by atoms with E-state index < -0.39 is 10.0 Å². The molecule has 0 atom stereocenters. The lowest BCUT2D eigenvalue weighted by atomic mass is 10.2. The molecule has 108 valence electrons. The average molecular weight is 304 g/mol. The normalized spacial score (nSPS) is 11.7. The van der Waals surface area contributed by atoms with E-state index in [0.717, 1.165) is 5.39 Å². The number of aryl methyl sites for hydroxylation is 1. The number of hydrogen-bond donors (Lipinski definition) is 1. The van der Waals surface area contributed by atoms with Gasteiger partial charge in [0.25, 0.3) is 16.0 Å². The van der Waals surface area contributed by atoms with Crippen molar-refractivity contribution in [3.63, 3.8) is 0 Å². The van der Waals surface area contributed by atoms with Crippen LogP contribution in [0.3, 0.4) is 0 Å². The van der Waals surface area contributed by atoms with Gasteiger partial charge in [-0.3, -0.25) is 4.98 Å². The first-order chi connectivity index (χ1) is 10.1. The third-order valence-corrected chi connectivity index (χ3v) is 4.31.